The van der Waals surface area contributed by atoms with Gasteiger partial charge in [-0.3, -0.25) is 9.59 Å². The minimum absolute atomic E-state index is 0.111. The largest absolute Gasteiger partial charge is 0.376 e. The minimum atomic E-state index is -0.479. The van der Waals surface area contributed by atoms with Crippen LogP contribution in [0.4, 0.5) is 11.4 Å². The zero-order valence-corrected chi connectivity index (χ0v) is 14.1. The van der Waals surface area contributed by atoms with Gasteiger partial charge in [-0.05, 0) is 48.7 Å². The molecule has 0 aromatic heterocycles. The molecule has 2 aromatic rings. The summed E-state index contributed by atoms with van der Waals surface area (Å²) in [6.45, 7) is 4.04. The van der Waals surface area contributed by atoms with Crippen molar-refractivity contribution in [2.75, 3.05) is 17.2 Å². The van der Waals surface area contributed by atoms with Gasteiger partial charge in [0.25, 0.3) is 0 Å². The molecule has 0 bridgehead atoms. The van der Waals surface area contributed by atoms with E-state index in [2.05, 4.69) is 17.6 Å². The Hall–Kier alpha value is -2.82. The van der Waals surface area contributed by atoms with E-state index >= 15 is 0 Å². The van der Waals surface area contributed by atoms with Gasteiger partial charge in [-0.15, -0.1) is 0 Å². The zero-order valence-electron chi connectivity index (χ0n) is 14.1. The molecule has 5 nitrogen and oxygen atoms in total. The molecule has 126 valence electrons. The Morgan fingerprint density at radius 2 is 1.79 bits per heavy atom. The molecule has 0 unspecified atom stereocenters. The van der Waals surface area contributed by atoms with E-state index in [1.54, 1.807) is 19.1 Å². The Morgan fingerprint density at radius 3 is 2.42 bits per heavy atom. The quantitative estimate of drug-likeness (QED) is 0.731. The van der Waals surface area contributed by atoms with Gasteiger partial charge in [0, 0.05) is 16.9 Å². The molecule has 2 aromatic carbocycles. The predicted molar refractivity (Wildman–Crippen MR) is 97.3 cm³/mol. The summed E-state index contributed by atoms with van der Waals surface area (Å²) in [6.07, 6.45) is 2.13. The Bertz CT molecular complexity index is 724. The fourth-order valence-corrected chi connectivity index (χ4v) is 2.52. The van der Waals surface area contributed by atoms with Gasteiger partial charge in [0.1, 0.15) is 0 Å². The summed E-state index contributed by atoms with van der Waals surface area (Å²) in [7, 11) is 0. The molecule has 0 atom stereocenters. The lowest BCUT2D eigenvalue weighted by molar-refractivity contribution is -0.114. The Morgan fingerprint density at radius 1 is 1.08 bits per heavy atom. The summed E-state index contributed by atoms with van der Waals surface area (Å²) < 4.78 is 0. The molecule has 0 aliphatic heterocycles. The lowest BCUT2D eigenvalue weighted by Crippen LogP contribution is -2.22. The number of anilines is 2. The highest BCUT2D eigenvalue weighted by Gasteiger charge is 2.09. The van der Waals surface area contributed by atoms with E-state index in [1.165, 1.54) is 5.56 Å². The highest BCUT2D eigenvalue weighted by atomic mass is 16.2. The molecule has 0 fully saturated rings. The van der Waals surface area contributed by atoms with Crippen molar-refractivity contribution in [1.29, 1.82) is 0 Å². The van der Waals surface area contributed by atoms with Crippen molar-refractivity contribution in [2.24, 2.45) is 5.73 Å². The standard InChI is InChI=1S/C19H23N3O2/c1-3-5-14-8-10-15(11-9-14)22-18(23)12-21-17-7-4-6-16(13(17)2)19(20)24/h4,6-11,21H,3,5,12H2,1-2H3,(H2,20,24)(H,22,23). The van der Waals surface area contributed by atoms with Gasteiger partial charge in [-0.2, -0.15) is 0 Å². The lowest BCUT2D eigenvalue weighted by atomic mass is 10.1. The summed E-state index contributed by atoms with van der Waals surface area (Å²) in [6, 6.07) is 13.1. The Kier molecular flexibility index (Phi) is 5.95. The van der Waals surface area contributed by atoms with E-state index in [0.717, 1.165) is 29.8 Å². The Labute approximate surface area is 142 Å². The molecule has 0 heterocycles. The molecule has 4 N–H and O–H groups in total. The molecule has 0 aliphatic rings. The van der Waals surface area contributed by atoms with Gasteiger partial charge in [-0.1, -0.05) is 31.5 Å². The molecule has 0 saturated carbocycles. The number of nitrogens with two attached hydrogens (primary N) is 1. The predicted octanol–water partition coefficient (Wildman–Crippen LogP) is 3.10. The van der Waals surface area contributed by atoms with E-state index in [4.69, 9.17) is 5.73 Å². The minimum Gasteiger partial charge on any atom is -0.376 e. The topological polar surface area (TPSA) is 84.2 Å². The number of carbonyl (C=O) groups excluding carboxylic acids is 2. The van der Waals surface area contributed by atoms with Crippen LogP contribution in [0.1, 0.15) is 34.8 Å². The monoisotopic (exact) mass is 325 g/mol. The molecular weight excluding hydrogens is 302 g/mol. The number of primary amides is 1. The first-order chi connectivity index (χ1) is 11.5. The van der Waals surface area contributed by atoms with Crippen LogP contribution >= 0.6 is 0 Å². The fourth-order valence-electron chi connectivity index (χ4n) is 2.52. The molecule has 0 radical (unpaired) electrons. The summed E-state index contributed by atoms with van der Waals surface area (Å²) >= 11 is 0. The maximum absolute atomic E-state index is 12.1. The van der Waals surface area contributed by atoms with E-state index in [1.807, 2.05) is 30.3 Å². The van der Waals surface area contributed by atoms with Gasteiger partial charge in [0.05, 0.1) is 6.54 Å². The van der Waals surface area contributed by atoms with Crippen LogP contribution in [0, 0.1) is 6.92 Å². The van der Waals surface area contributed by atoms with Crippen molar-refractivity contribution in [3.63, 3.8) is 0 Å². The second-order valence-corrected chi connectivity index (χ2v) is 5.69. The number of amides is 2. The lowest BCUT2D eigenvalue weighted by Gasteiger charge is -2.12. The summed E-state index contributed by atoms with van der Waals surface area (Å²) in [4.78, 5) is 23.4. The summed E-state index contributed by atoms with van der Waals surface area (Å²) in [5.74, 6) is -0.630. The van der Waals surface area contributed by atoms with E-state index in [9.17, 15) is 9.59 Å². The summed E-state index contributed by atoms with van der Waals surface area (Å²) in [5, 5.41) is 5.89. The van der Waals surface area contributed by atoms with Crippen LogP contribution in [-0.4, -0.2) is 18.4 Å². The molecule has 5 heteroatoms. The van der Waals surface area contributed by atoms with Gasteiger partial charge < -0.3 is 16.4 Å². The first kappa shape index (κ1) is 17.5. The number of hydrogen-bond donors (Lipinski definition) is 3. The van der Waals surface area contributed by atoms with E-state index in [-0.39, 0.29) is 12.5 Å². The van der Waals surface area contributed by atoms with Gasteiger partial charge in [0.15, 0.2) is 0 Å². The van der Waals surface area contributed by atoms with Gasteiger partial charge in [0.2, 0.25) is 11.8 Å². The van der Waals surface area contributed by atoms with Gasteiger partial charge >= 0.3 is 0 Å². The molecule has 2 rings (SSSR count). The number of aryl methyl sites for hydroxylation is 1. The van der Waals surface area contributed by atoms with Crippen LogP contribution in [-0.2, 0) is 11.2 Å². The smallest absolute Gasteiger partial charge is 0.249 e. The molecule has 24 heavy (non-hydrogen) atoms. The normalized spacial score (nSPS) is 10.2. The fraction of sp³-hybridized carbons (Fsp3) is 0.263. The number of rotatable bonds is 7. The maximum atomic E-state index is 12.1. The van der Waals surface area contributed by atoms with Crippen LogP contribution < -0.4 is 16.4 Å². The number of benzene rings is 2. The average Bonchev–Trinajstić information content (AvgIpc) is 2.55. The first-order valence-electron chi connectivity index (χ1n) is 8.03. The molecule has 0 saturated heterocycles. The number of carbonyl (C=O) groups is 2. The number of hydrogen-bond acceptors (Lipinski definition) is 3. The summed E-state index contributed by atoms with van der Waals surface area (Å²) in [5.41, 5.74) is 9.26. The zero-order chi connectivity index (χ0) is 17.5. The highest BCUT2D eigenvalue weighted by molar-refractivity contribution is 5.97. The third kappa shape index (κ3) is 4.59. The third-order valence-electron chi connectivity index (χ3n) is 3.82. The molecule has 2 amide bonds. The first-order valence-corrected chi connectivity index (χ1v) is 8.03. The molecule has 0 aliphatic carbocycles. The maximum Gasteiger partial charge on any atom is 0.249 e. The van der Waals surface area contributed by atoms with Crippen molar-refractivity contribution in [1.82, 2.24) is 0 Å². The van der Waals surface area contributed by atoms with Crippen molar-refractivity contribution < 1.29 is 9.59 Å². The van der Waals surface area contributed by atoms with Crippen molar-refractivity contribution >= 4 is 23.2 Å². The van der Waals surface area contributed by atoms with Crippen LogP contribution in [0.3, 0.4) is 0 Å². The van der Waals surface area contributed by atoms with Crippen molar-refractivity contribution in [3.8, 4) is 0 Å². The van der Waals surface area contributed by atoms with E-state index < -0.39 is 5.91 Å². The Balaban J connectivity index is 1.94. The second-order valence-electron chi connectivity index (χ2n) is 5.69. The van der Waals surface area contributed by atoms with Crippen molar-refractivity contribution in [2.45, 2.75) is 26.7 Å². The van der Waals surface area contributed by atoms with Crippen LogP contribution in [0.2, 0.25) is 0 Å². The number of nitrogens with one attached hydrogen (secondary N) is 2. The molecule has 0 spiro atoms. The van der Waals surface area contributed by atoms with E-state index in [0.29, 0.717) is 5.56 Å². The van der Waals surface area contributed by atoms with Crippen LogP contribution in [0.5, 0.6) is 0 Å². The van der Waals surface area contributed by atoms with Crippen molar-refractivity contribution in [3.05, 3.63) is 59.2 Å². The van der Waals surface area contributed by atoms with Gasteiger partial charge in [-0.25, -0.2) is 0 Å². The molecular formula is C19H23N3O2. The van der Waals surface area contributed by atoms with Crippen LogP contribution in [0.25, 0.3) is 0 Å². The average molecular weight is 325 g/mol. The van der Waals surface area contributed by atoms with Crippen LogP contribution in [0.15, 0.2) is 42.5 Å². The highest BCUT2D eigenvalue weighted by Crippen LogP contribution is 2.18. The second kappa shape index (κ2) is 8.15. The third-order valence-corrected chi connectivity index (χ3v) is 3.82. The SMILES string of the molecule is CCCc1ccc(NC(=O)CNc2cccc(C(N)=O)c2C)cc1.